The normalized spacial score (nSPS) is 10.8. The van der Waals surface area contributed by atoms with Crippen LogP contribution < -0.4 is 0 Å². The summed E-state index contributed by atoms with van der Waals surface area (Å²) >= 11 is 7.85. The number of carbonyl (C=O) groups is 1. The number of aliphatic hydroxyl groups is 1. The first-order valence-electron chi connectivity index (χ1n) is 5.38. The molecule has 9 heteroatoms. The Balaban J connectivity index is 2.50. The number of benzene rings is 1. The Bertz CT molecular complexity index is 648. The van der Waals surface area contributed by atoms with E-state index in [2.05, 4.69) is 42.1 Å². The molecule has 0 atom stereocenters. The molecule has 0 aliphatic carbocycles. The first-order valence-corrected chi connectivity index (χ1v) is 7.95. The zero-order valence-corrected chi connectivity index (χ0v) is 13.9. The number of rotatable bonds is 5. The maximum absolute atomic E-state index is 10.7. The zero-order chi connectivity index (χ0) is 14.7. The van der Waals surface area contributed by atoms with Crippen molar-refractivity contribution in [1.82, 2.24) is 14.8 Å². The second-order valence-corrected chi connectivity index (χ2v) is 6.38. The lowest BCUT2D eigenvalue weighted by Gasteiger charge is -2.11. The van der Waals surface area contributed by atoms with E-state index in [1.807, 2.05) is 18.2 Å². The van der Waals surface area contributed by atoms with Gasteiger partial charge in [-0.2, -0.15) is 0 Å². The Morgan fingerprint density at radius 2 is 2.10 bits per heavy atom. The molecule has 2 aromatic rings. The SMILES string of the molecule is O=C(O)CSc1nnc(CO)n1-c1cc(Br)ccc1Br. The van der Waals surface area contributed by atoms with Gasteiger partial charge in [0.15, 0.2) is 11.0 Å². The largest absolute Gasteiger partial charge is 0.481 e. The van der Waals surface area contributed by atoms with E-state index in [0.29, 0.717) is 11.0 Å². The van der Waals surface area contributed by atoms with Crippen LogP contribution in [-0.2, 0) is 11.4 Å². The highest BCUT2D eigenvalue weighted by molar-refractivity contribution is 9.11. The molecule has 106 valence electrons. The van der Waals surface area contributed by atoms with Gasteiger partial charge in [0, 0.05) is 8.95 Å². The maximum atomic E-state index is 10.7. The number of carboxylic acid groups (broad SMARTS) is 1. The van der Waals surface area contributed by atoms with Gasteiger partial charge in [-0.3, -0.25) is 9.36 Å². The summed E-state index contributed by atoms with van der Waals surface area (Å²) in [5.74, 6) is -0.727. The monoisotopic (exact) mass is 421 g/mol. The minimum Gasteiger partial charge on any atom is -0.481 e. The number of aromatic nitrogens is 3. The third-order valence-electron chi connectivity index (χ3n) is 2.32. The molecule has 6 nitrogen and oxygen atoms in total. The molecule has 1 heterocycles. The van der Waals surface area contributed by atoms with E-state index in [1.165, 1.54) is 0 Å². The van der Waals surface area contributed by atoms with Crippen LogP contribution in [0.25, 0.3) is 5.69 Å². The summed E-state index contributed by atoms with van der Waals surface area (Å²) in [4.78, 5) is 10.7. The molecule has 0 saturated heterocycles. The smallest absolute Gasteiger partial charge is 0.313 e. The molecule has 0 radical (unpaired) electrons. The van der Waals surface area contributed by atoms with Crippen molar-refractivity contribution in [2.75, 3.05) is 5.75 Å². The number of carboxylic acids is 1. The average molecular weight is 423 g/mol. The van der Waals surface area contributed by atoms with Crippen molar-refractivity contribution >= 4 is 49.6 Å². The van der Waals surface area contributed by atoms with Crippen molar-refractivity contribution in [3.63, 3.8) is 0 Å². The molecule has 1 aromatic carbocycles. The molecule has 0 fully saturated rings. The van der Waals surface area contributed by atoms with Gasteiger partial charge >= 0.3 is 5.97 Å². The van der Waals surface area contributed by atoms with E-state index in [-0.39, 0.29) is 12.4 Å². The summed E-state index contributed by atoms with van der Waals surface area (Å²) in [6.07, 6.45) is 0. The van der Waals surface area contributed by atoms with Gasteiger partial charge in [-0.1, -0.05) is 27.7 Å². The van der Waals surface area contributed by atoms with Crippen LogP contribution in [0.3, 0.4) is 0 Å². The third kappa shape index (κ3) is 3.40. The van der Waals surface area contributed by atoms with Crippen molar-refractivity contribution in [3.8, 4) is 5.69 Å². The van der Waals surface area contributed by atoms with Crippen LogP contribution in [-0.4, -0.2) is 36.7 Å². The number of hydrogen-bond acceptors (Lipinski definition) is 5. The number of thioether (sulfide) groups is 1. The predicted molar refractivity (Wildman–Crippen MR) is 81.0 cm³/mol. The molecule has 2 N–H and O–H groups in total. The van der Waals surface area contributed by atoms with Gasteiger partial charge in [0.2, 0.25) is 0 Å². The van der Waals surface area contributed by atoms with Gasteiger partial charge in [0.25, 0.3) is 0 Å². The van der Waals surface area contributed by atoms with Crippen molar-refractivity contribution in [3.05, 3.63) is 33.0 Å². The number of aliphatic carboxylic acids is 1. The first kappa shape index (κ1) is 15.5. The van der Waals surface area contributed by atoms with Crippen molar-refractivity contribution in [2.45, 2.75) is 11.8 Å². The van der Waals surface area contributed by atoms with Crippen LogP contribution in [0.5, 0.6) is 0 Å². The lowest BCUT2D eigenvalue weighted by atomic mass is 10.3. The highest BCUT2D eigenvalue weighted by atomic mass is 79.9. The van der Waals surface area contributed by atoms with Crippen molar-refractivity contribution in [1.29, 1.82) is 0 Å². The van der Waals surface area contributed by atoms with Crippen LogP contribution in [0.4, 0.5) is 0 Å². The van der Waals surface area contributed by atoms with Crippen molar-refractivity contribution in [2.24, 2.45) is 0 Å². The molecule has 0 aliphatic rings. The first-order chi connectivity index (χ1) is 9.52. The van der Waals surface area contributed by atoms with E-state index in [1.54, 1.807) is 4.57 Å². The molecule has 0 bridgehead atoms. The lowest BCUT2D eigenvalue weighted by Crippen LogP contribution is -2.05. The Kier molecular flexibility index (Phi) is 5.19. The van der Waals surface area contributed by atoms with Gasteiger partial charge in [-0.15, -0.1) is 10.2 Å². The molecule has 0 amide bonds. The zero-order valence-electron chi connectivity index (χ0n) is 9.95. The quantitative estimate of drug-likeness (QED) is 0.719. The molecule has 0 spiro atoms. The van der Waals surface area contributed by atoms with Crippen LogP contribution in [0, 0.1) is 0 Å². The maximum Gasteiger partial charge on any atom is 0.313 e. The number of nitrogens with zero attached hydrogens (tertiary/aromatic N) is 3. The summed E-state index contributed by atoms with van der Waals surface area (Å²) in [7, 11) is 0. The van der Waals surface area contributed by atoms with Crippen LogP contribution in [0.15, 0.2) is 32.3 Å². The summed E-state index contributed by atoms with van der Waals surface area (Å²) in [5, 5.41) is 26.3. The van der Waals surface area contributed by atoms with E-state index in [4.69, 9.17) is 5.11 Å². The van der Waals surface area contributed by atoms with Gasteiger partial charge < -0.3 is 10.2 Å². The molecular weight excluding hydrogens is 414 g/mol. The second kappa shape index (κ2) is 6.70. The molecule has 0 saturated carbocycles. The fraction of sp³-hybridized carbons (Fsp3) is 0.182. The van der Waals surface area contributed by atoms with Crippen LogP contribution in [0.1, 0.15) is 5.82 Å². The highest BCUT2D eigenvalue weighted by Gasteiger charge is 2.17. The van der Waals surface area contributed by atoms with E-state index >= 15 is 0 Å². The molecule has 2 rings (SSSR count). The molecule has 0 unspecified atom stereocenters. The third-order valence-corrected chi connectivity index (χ3v) is 4.39. The van der Waals surface area contributed by atoms with E-state index < -0.39 is 5.97 Å². The molecule has 1 aromatic heterocycles. The minimum atomic E-state index is -0.941. The molecule has 20 heavy (non-hydrogen) atoms. The Morgan fingerprint density at radius 1 is 1.35 bits per heavy atom. The number of aliphatic hydroxyl groups excluding tert-OH is 1. The van der Waals surface area contributed by atoms with Crippen molar-refractivity contribution < 1.29 is 15.0 Å². The Morgan fingerprint density at radius 3 is 2.75 bits per heavy atom. The van der Waals surface area contributed by atoms with Gasteiger partial charge in [0.05, 0.1) is 11.4 Å². The van der Waals surface area contributed by atoms with E-state index in [9.17, 15) is 9.90 Å². The number of halogens is 2. The summed E-state index contributed by atoms with van der Waals surface area (Å²) in [5.41, 5.74) is 0.723. The van der Waals surface area contributed by atoms with Gasteiger partial charge in [0.1, 0.15) is 6.61 Å². The van der Waals surface area contributed by atoms with Gasteiger partial charge in [-0.25, -0.2) is 0 Å². The standard InChI is InChI=1S/C11H9Br2N3O3S/c12-6-1-2-7(13)8(3-6)16-9(4-17)14-15-11(16)20-5-10(18)19/h1-3,17H,4-5H2,(H,18,19). The summed E-state index contributed by atoms with van der Waals surface area (Å²) in [6, 6.07) is 5.53. The van der Waals surface area contributed by atoms with E-state index in [0.717, 1.165) is 26.4 Å². The molecule has 0 aliphatic heterocycles. The number of hydrogen-bond donors (Lipinski definition) is 2. The summed E-state index contributed by atoms with van der Waals surface area (Å²) < 4.78 is 3.26. The topological polar surface area (TPSA) is 88.2 Å². The van der Waals surface area contributed by atoms with Crippen LogP contribution >= 0.6 is 43.6 Å². The predicted octanol–water partition coefficient (Wildman–Crippen LogP) is 2.46. The fourth-order valence-corrected chi connectivity index (χ4v) is 2.98. The van der Waals surface area contributed by atoms with Crippen LogP contribution in [0.2, 0.25) is 0 Å². The van der Waals surface area contributed by atoms with Gasteiger partial charge in [-0.05, 0) is 34.1 Å². The lowest BCUT2D eigenvalue weighted by molar-refractivity contribution is -0.133. The second-order valence-electron chi connectivity index (χ2n) is 3.67. The Hall–Kier alpha value is -0.900. The molecular formula is C11H9Br2N3O3S. The fourth-order valence-electron chi connectivity index (χ4n) is 1.52. The minimum absolute atomic E-state index is 0.130. The Labute approximate surface area is 135 Å². The summed E-state index contributed by atoms with van der Waals surface area (Å²) in [6.45, 7) is -0.292. The average Bonchev–Trinajstić information content (AvgIpc) is 2.82. The highest BCUT2D eigenvalue weighted by Crippen LogP contribution is 2.29.